The van der Waals surface area contributed by atoms with Crippen LogP contribution in [0.25, 0.3) is 0 Å². The Hall–Kier alpha value is -2.17. The number of carboxylic acids is 1. The molecule has 0 aromatic heterocycles. The summed E-state index contributed by atoms with van der Waals surface area (Å²) in [5, 5.41) is 21.8. The summed E-state index contributed by atoms with van der Waals surface area (Å²) < 4.78 is 77.8. The van der Waals surface area contributed by atoms with Crippen LogP contribution in [-0.4, -0.2) is 28.5 Å². The summed E-state index contributed by atoms with van der Waals surface area (Å²) in [6, 6.07) is 6.31. The van der Waals surface area contributed by atoms with E-state index in [9.17, 15) is 41.4 Å². The maximum atomic E-state index is 13.0. The molecule has 3 N–H and O–H groups in total. The molecule has 0 amide bonds. The van der Waals surface area contributed by atoms with Gasteiger partial charge in [0.1, 0.15) is 0 Å². The van der Waals surface area contributed by atoms with Gasteiger partial charge in [-0.1, -0.05) is 41.4 Å². The van der Waals surface area contributed by atoms with Gasteiger partial charge in [-0.3, -0.25) is 0 Å². The van der Waals surface area contributed by atoms with Gasteiger partial charge < -0.3 is 15.5 Å². The number of benzene rings is 2. The number of anilines is 1. The minimum absolute atomic E-state index is 0.0409. The zero-order valence-corrected chi connectivity index (χ0v) is 16.4. The van der Waals surface area contributed by atoms with Gasteiger partial charge in [-0.05, 0) is 36.8 Å². The van der Waals surface area contributed by atoms with Gasteiger partial charge in [-0.25, -0.2) is 4.79 Å². The van der Waals surface area contributed by atoms with Crippen molar-refractivity contribution in [1.29, 1.82) is 0 Å². The Labute approximate surface area is 176 Å². The van der Waals surface area contributed by atoms with Crippen molar-refractivity contribution in [2.45, 2.75) is 30.4 Å². The minimum atomic E-state index is -6.03. The van der Waals surface area contributed by atoms with Crippen LogP contribution in [0.3, 0.4) is 0 Å². The van der Waals surface area contributed by atoms with Crippen molar-refractivity contribution in [2.75, 3.05) is 5.32 Å². The molecule has 2 rings (SSSR count). The van der Waals surface area contributed by atoms with E-state index >= 15 is 0 Å². The van der Waals surface area contributed by atoms with Gasteiger partial charge >= 0.3 is 18.3 Å². The van der Waals surface area contributed by atoms with E-state index in [1.54, 1.807) is 0 Å². The van der Waals surface area contributed by atoms with Crippen molar-refractivity contribution in [3.05, 3.63) is 63.6 Å². The molecule has 0 bridgehead atoms. The summed E-state index contributed by atoms with van der Waals surface area (Å²) >= 11 is 11.7. The molecule has 12 heteroatoms. The zero-order valence-electron chi connectivity index (χ0n) is 14.9. The highest BCUT2D eigenvalue weighted by Gasteiger charge is 2.71. The molecule has 0 saturated heterocycles. The monoisotopic (exact) mass is 475 g/mol. The summed E-state index contributed by atoms with van der Waals surface area (Å²) in [6.45, 7) is 1.21. The Morgan fingerprint density at radius 3 is 1.73 bits per heavy atom. The first-order valence-corrected chi connectivity index (χ1v) is 8.73. The predicted molar refractivity (Wildman–Crippen MR) is 97.5 cm³/mol. The molecule has 0 aliphatic carbocycles. The Morgan fingerprint density at radius 1 is 0.867 bits per heavy atom. The highest BCUT2D eigenvalue weighted by atomic mass is 35.5. The first-order chi connectivity index (χ1) is 13.5. The molecule has 164 valence electrons. The molecule has 2 aromatic rings. The lowest BCUT2D eigenvalue weighted by molar-refractivity contribution is -0.376. The number of hydrogen-bond acceptors (Lipinski definition) is 3. The van der Waals surface area contributed by atoms with E-state index in [1.807, 2.05) is 0 Å². The summed E-state index contributed by atoms with van der Waals surface area (Å²) in [4.78, 5) is 11.8. The van der Waals surface area contributed by atoms with E-state index in [2.05, 4.69) is 5.32 Å². The Bertz CT molecular complexity index is 932. The van der Waals surface area contributed by atoms with Crippen LogP contribution in [0.5, 0.6) is 0 Å². The fourth-order valence-electron chi connectivity index (χ4n) is 2.63. The molecule has 0 radical (unpaired) electrons. The predicted octanol–water partition coefficient (Wildman–Crippen LogP) is 5.72. The van der Waals surface area contributed by atoms with Gasteiger partial charge in [0.05, 0.1) is 10.0 Å². The maximum Gasteiger partial charge on any atom is 0.430 e. The van der Waals surface area contributed by atoms with Gasteiger partial charge in [0.15, 0.2) is 5.54 Å². The molecule has 4 nitrogen and oxygen atoms in total. The molecular weight excluding hydrogens is 463 g/mol. The molecule has 0 fully saturated rings. The third-order valence-corrected chi connectivity index (χ3v) is 5.18. The van der Waals surface area contributed by atoms with E-state index in [0.29, 0.717) is 12.1 Å². The normalized spacial score (nSPS) is 14.9. The number of carboxylic acid groups (broad SMARTS) is 1. The average molecular weight is 476 g/mol. The molecule has 0 heterocycles. The minimum Gasteiger partial charge on any atom is -0.479 e. The SMILES string of the molecule is CC(Nc1ccc(C(O)(C(F)(F)F)C(F)(F)F)cc1)(C(=O)O)c1ccc(Cl)c(Cl)c1. The highest BCUT2D eigenvalue weighted by molar-refractivity contribution is 6.42. The number of hydrogen-bond donors (Lipinski definition) is 3. The highest BCUT2D eigenvalue weighted by Crippen LogP contribution is 2.50. The summed E-state index contributed by atoms with van der Waals surface area (Å²) in [5.41, 5.74) is -8.42. The molecule has 0 aliphatic rings. The van der Waals surface area contributed by atoms with Crippen molar-refractivity contribution in [2.24, 2.45) is 0 Å². The summed E-state index contributed by atoms with van der Waals surface area (Å²) in [5.74, 6) is -1.41. The molecule has 1 atom stereocenters. The van der Waals surface area contributed by atoms with Crippen LogP contribution in [0.2, 0.25) is 10.0 Å². The van der Waals surface area contributed by atoms with Gasteiger partial charge in [0.25, 0.3) is 5.60 Å². The zero-order chi connectivity index (χ0) is 23.1. The first kappa shape index (κ1) is 24.1. The van der Waals surface area contributed by atoms with Crippen LogP contribution in [0, 0.1) is 0 Å². The second-order valence-electron chi connectivity index (χ2n) is 6.47. The standard InChI is InChI=1S/C18H13Cl2F6NO3/c1-15(14(28)29,10-4-7-12(19)13(20)8-10)27-11-5-2-9(3-6-11)16(30,17(21,22)23)18(24,25)26/h2-8,27,30H,1H3,(H,28,29). The van der Waals surface area contributed by atoms with Crippen molar-refractivity contribution >= 4 is 34.9 Å². The molecular formula is C18H13Cl2F6NO3. The molecule has 1 unspecified atom stereocenters. The van der Waals surface area contributed by atoms with E-state index < -0.39 is 35.0 Å². The number of rotatable bonds is 5. The number of halogens is 8. The van der Waals surface area contributed by atoms with Crippen LogP contribution in [0.4, 0.5) is 32.0 Å². The number of carbonyl (C=O) groups is 1. The smallest absolute Gasteiger partial charge is 0.430 e. The quantitative estimate of drug-likeness (QED) is 0.484. The third kappa shape index (κ3) is 4.17. The molecule has 0 aliphatic heterocycles. The van der Waals surface area contributed by atoms with E-state index in [4.69, 9.17) is 23.2 Å². The fraction of sp³-hybridized carbons (Fsp3) is 0.278. The molecule has 0 spiro atoms. The largest absolute Gasteiger partial charge is 0.479 e. The van der Waals surface area contributed by atoms with E-state index in [0.717, 1.165) is 12.1 Å². The second-order valence-corrected chi connectivity index (χ2v) is 7.28. The average Bonchev–Trinajstić information content (AvgIpc) is 2.61. The lowest BCUT2D eigenvalue weighted by atomic mass is 9.90. The first-order valence-electron chi connectivity index (χ1n) is 7.97. The van der Waals surface area contributed by atoms with E-state index in [1.165, 1.54) is 25.1 Å². The molecule has 2 aromatic carbocycles. The van der Waals surface area contributed by atoms with Crippen LogP contribution in [-0.2, 0) is 15.9 Å². The van der Waals surface area contributed by atoms with Gasteiger partial charge in [-0.15, -0.1) is 0 Å². The van der Waals surface area contributed by atoms with Crippen LogP contribution in [0.1, 0.15) is 18.1 Å². The topological polar surface area (TPSA) is 69.6 Å². The lowest BCUT2D eigenvalue weighted by Crippen LogP contribution is -2.53. The number of nitrogens with one attached hydrogen (secondary N) is 1. The second kappa shape index (κ2) is 7.82. The maximum absolute atomic E-state index is 13.0. The van der Waals surface area contributed by atoms with Crippen LogP contribution < -0.4 is 5.32 Å². The lowest BCUT2D eigenvalue weighted by Gasteiger charge is -2.33. The van der Waals surface area contributed by atoms with Crippen molar-refractivity contribution < 1.29 is 41.4 Å². The fourth-order valence-corrected chi connectivity index (χ4v) is 2.93. The summed E-state index contributed by atoms with van der Waals surface area (Å²) in [7, 11) is 0. The third-order valence-electron chi connectivity index (χ3n) is 4.44. The van der Waals surface area contributed by atoms with Crippen molar-refractivity contribution in [3.63, 3.8) is 0 Å². The van der Waals surface area contributed by atoms with Crippen LogP contribution in [0.15, 0.2) is 42.5 Å². The van der Waals surface area contributed by atoms with E-state index in [-0.39, 0.29) is 21.3 Å². The Balaban J connectivity index is 2.46. The molecule has 30 heavy (non-hydrogen) atoms. The molecule has 0 saturated carbocycles. The van der Waals surface area contributed by atoms with Crippen molar-refractivity contribution in [3.8, 4) is 0 Å². The number of aliphatic hydroxyl groups is 1. The van der Waals surface area contributed by atoms with Gasteiger partial charge in [0.2, 0.25) is 0 Å². The Morgan fingerprint density at radius 2 is 1.33 bits per heavy atom. The van der Waals surface area contributed by atoms with Crippen molar-refractivity contribution in [1.82, 2.24) is 0 Å². The Kier molecular flexibility index (Phi) is 6.29. The van der Waals surface area contributed by atoms with Gasteiger partial charge in [0, 0.05) is 11.3 Å². The number of aliphatic carboxylic acids is 1. The van der Waals surface area contributed by atoms with Gasteiger partial charge in [-0.2, -0.15) is 26.3 Å². The summed E-state index contributed by atoms with van der Waals surface area (Å²) in [6.07, 6.45) is -12.1. The van der Waals surface area contributed by atoms with Crippen LogP contribution >= 0.6 is 23.2 Å². The number of alkyl halides is 6.